The van der Waals surface area contributed by atoms with E-state index in [1.807, 2.05) is 0 Å². The minimum absolute atomic E-state index is 0.278. The largest absolute Gasteiger partial charge is 0.479 e. The zero-order valence-corrected chi connectivity index (χ0v) is 14.9. The van der Waals surface area contributed by atoms with Gasteiger partial charge in [-0.3, -0.25) is 4.90 Å². The van der Waals surface area contributed by atoms with Crippen LogP contribution in [-0.2, 0) is 9.53 Å². The van der Waals surface area contributed by atoms with Crippen molar-refractivity contribution in [1.29, 1.82) is 0 Å². The number of piperazine rings is 1. The molecule has 0 radical (unpaired) electrons. The Kier molecular flexibility index (Phi) is 5.71. The van der Waals surface area contributed by atoms with Gasteiger partial charge in [0.05, 0.1) is 12.4 Å². The number of carboxylic acid groups (broad SMARTS) is 1. The van der Waals surface area contributed by atoms with Crippen molar-refractivity contribution >= 4 is 5.97 Å². The molecule has 0 aromatic carbocycles. The van der Waals surface area contributed by atoms with E-state index in [9.17, 15) is 15.0 Å². The van der Waals surface area contributed by atoms with Gasteiger partial charge in [0.25, 0.3) is 0 Å². The zero-order valence-electron chi connectivity index (χ0n) is 14.9. The highest BCUT2D eigenvalue weighted by Crippen LogP contribution is 2.42. The summed E-state index contributed by atoms with van der Waals surface area (Å²) in [6.45, 7) is 3.37. The lowest BCUT2D eigenvalue weighted by Crippen LogP contribution is -2.63. The van der Waals surface area contributed by atoms with E-state index in [-0.39, 0.29) is 12.8 Å². The fourth-order valence-corrected chi connectivity index (χ4v) is 4.00. The Morgan fingerprint density at radius 3 is 2.50 bits per heavy atom. The van der Waals surface area contributed by atoms with Crippen LogP contribution in [0, 0.1) is 0 Å². The number of ether oxygens (including phenoxy) is 2. The van der Waals surface area contributed by atoms with E-state index in [0.29, 0.717) is 18.6 Å². The molecule has 1 aromatic heterocycles. The fourth-order valence-electron chi connectivity index (χ4n) is 4.00. The Balaban J connectivity index is 1.81. The van der Waals surface area contributed by atoms with E-state index in [4.69, 9.17) is 9.47 Å². The summed E-state index contributed by atoms with van der Waals surface area (Å²) in [5.41, 5.74) is -2.01. The molecular formula is C17H26N4O5. The second-order valence-corrected chi connectivity index (χ2v) is 6.92. The van der Waals surface area contributed by atoms with Gasteiger partial charge in [-0.15, -0.1) is 0 Å². The molecule has 1 saturated carbocycles. The standard InChI is InChI=1S/C17H26N4O5/c1-25-14(15(22)23)16(24)3-5-17(6-4-16,21-10-8-18-9-11-21)26-13-2-7-19-20-12-13/h2,7,12,14,18,24H,3-6,8-11H2,1H3,(H,22,23). The summed E-state index contributed by atoms with van der Waals surface area (Å²) >= 11 is 0. The van der Waals surface area contributed by atoms with E-state index in [1.165, 1.54) is 7.11 Å². The number of hydrogen-bond acceptors (Lipinski definition) is 8. The maximum atomic E-state index is 11.4. The van der Waals surface area contributed by atoms with E-state index in [1.54, 1.807) is 18.5 Å². The van der Waals surface area contributed by atoms with Gasteiger partial charge in [-0.05, 0) is 12.8 Å². The lowest BCUT2D eigenvalue weighted by Gasteiger charge is -2.51. The normalized spacial score (nSPS) is 31.3. The summed E-state index contributed by atoms with van der Waals surface area (Å²) in [5, 5.41) is 31.2. The van der Waals surface area contributed by atoms with Crippen molar-refractivity contribution in [1.82, 2.24) is 20.4 Å². The Labute approximate surface area is 152 Å². The number of methoxy groups -OCH3 is 1. The van der Waals surface area contributed by atoms with Crippen LogP contribution in [0.2, 0.25) is 0 Å². The average Bonchev–Trinajstić information content (AvgIpc) is 2.66. The van der Waals surface area contributed by atoms with Crippen LogP contribution in [0.4, 0.5) is 0 Å². The zero-order chi connectivity index (χ0) is 18.6. The van der Waals surface area contributed by atoms with Crippen molar-refractivity contribution < 1.29 is 24.5 Å². The molecule has 1 atom stereocenters. The molecule has 144 valence electrons. The molecular weight excluding hydrogens is 340 g/mol. The lowest BCUT2D eigenvalue weighted by atomic mass is 9.75. The minimum atomic E-state index is -1.40. The van der Waals surface area contributed by atoms with Crippen molar-refractivity contribution in [2.45, 2.75) is 43.1 Å². The molecule has 9 nitrogen and oxygen atoms in total. The molecule has 1 unspecified atom stereocenters. The summed E-state index contributed by atoms with van der Waals surface area (Å²) in [4.78, 5) is 13.7. The number of carbonyl (C=O) groups is 1. The molecule has 2 aliphatic rings. The lowest BCUT2D eigenvalue weighted by molar-refractivity contribution is -0.194. The molecule has 1 aromatic rings. The average molecular weight is 366 g/mol. The summed E-state index contributed by atoms with van der Waals surface area (Å²) in [6, 6.07) is 1.76. The predicted molar refractivity (Wildman–Crippen MR) is 91.7 cm³/mol. The second-order valence-electron chi connectivity index (χ2n) is 6.92. The van der Waals surface area contributed by atoms with Crippen molar-refractivity contribution in [2.75, 3.05) is 33.3 Å². The van der Waals surface area contributed by atoms with Crippen LogP contribution in [0.3, 0.4) is 0 Å². The van der Waals surface area contributed by atoms with E-state index < -0.39 is 23.4 Å². The molecule has 3 N–H and O–H groups in total. The van der Waals surface area contributed by atoms with Crippen LogP contribution in [0.15, 0.2) is 18.5 Å². The molecule has 1 aliphatic carbocycles. The third-order valence-electron chi connectivity index (χ3n) is 5.40. The Bertz CT molecular complexity index is 600. The second kappa shape index (κ2) is 7.83. The van der Waals surface area contributed by atoms with Crippen LogP contribution >= 0.6 is 0 Å². The number of nitrogens with one attached hydrogen (secondary N) is 1. The van der Waals surface area contributed by atoms with Gasteiger partial charge in [-0.25, -0.2) is 4.79 Å². The first kappa shape index (κ1) is 19.0. The van der Waals surface area contributed by atoms with Gasteiger partial charge in [-0.2, -0.15) is 10.2 Å². The molecule has 0 spiro atoms. The van der Waals surface area contributed by atoms with Gasteiger partial charge in [0.1, 0.15) is 11.4 Å². The number of hydrogen-bond donors (Lipinski definition) is 3. The molecule has 9 heteroatoms. The van der Waals surface area contributed by atoms with Crippen molar-refractivity contribution in [2.24, 2.45) is 0 Å². The SMILES string of the molecule is COC(C(=O)O)C1(O)CCC(Oc2ccnnc2)(N2CCNCC2)CC1. The third kappa shape index (κ3) is 3.80. The molecule has 2 fully saturated rings. The number of nitrogens with zero attached hydrogens (tertiary/aromatic N) is 3. The fraction of sp³-hybridized carbons (Fsp3) is 0.706. The van der Waals surface area contributed by atoms with Crippen LogP contribution in [-0.4, -0.2) is 82.0 Å². The first-order chi connectivity index (χ1) is 12.5. The van der Waals surface area contributed by atoms with E-state index in [0.717, 1.165) is 26.2 Å². The number of carboxylic acids is 1. The number of aromatic nitrogens is 2. The third-order valence-corrected chi connectivity index (χ3v) is 5.40. The van der Waals surface area contributed by atoms with Crippen molar-refractivity contribution in [3.63, 3.8) is 0 Å². The molecule has 0 amide bonds. The quantitative estimate of drug-likeness (QED) is 0.632. The number of aliphatic carboxylic acids is 1. The maximum absolute atomic E-state index is 11.4. The van der Waals surface area contributed by atoms with Crippen LogP contribution in [0.5, 0.6) is 5.75 Å². The van der Waals surface area contributed by atoms with E-state index in [2.05, 4.69) is 20.4 Å². The van der Waals surface area contributed by atoms with Gasteiger partial charge in [0.15, 0.2) is 11.8 Å². The highest BCUT2D eigenvalue weighted by atomic mass is 16.5. The Morgan fingerprint density at radius 2 is 1.96 bits per heavy atom. The summed E-state index contributed by atoms with van der Waals surface area (Å²) in [7, 11) is 1.31. The molecule has 1 aliphatic heterocycles. The Morgan fingerprint density at radius 1 is 1.27 bits per heavy atom. The van der Waals surface area contributed by atoms with Gasteiger partial charge >= 0.3 is 5.97 Å². The highest BCUT2D eigenvalue weighted by molar-refractivity contribution is 5.74. The van der Waals surface area contributed by atoms with Gasteiger partial charge < -0.3 is 25.0 Å². The molecule has 1 saturated heterocycles. The topological polar surface area (TPSA) is 117 Å². The van der Waals surface area contributed by atoms with Gasteiger partial charge in [0, 0.05) is 52.2 Å². The van der Waals surface area contributed by atoms with Crippen LogP contribution < -0.4 is 10.1 Å². The maximum Gasteiger partial charge on any atom is 0.335 e. The number of aliphatic hydroxyl groups is 1. The molecule has 3 rings (SSSR count). The van der Waals surface area contributed by atoms with Gasteiger partial charge in [0.2, 0.25) is 0 Å². The smallest absolute Gasteiger partial charge is 0.335 e. The summed E-state index contributed by atoms with van der Waals surface area (Å²) < 4.78 is 11.4. The van der Waals surface area contributed by atoms with Crippen molar-refractivity contribution in [3.05, 3.63) is 18.5 Å². The van der Waals surface area contributed by atoms with E-state index >= 15 is 0 Å². The van der Waals surface area contributed by atoms with Crippen LogP contribution in [0.1, 0.15) is 25.7 Å². The molecule has 2 heterocycles. The predicted octanol–water partition coefficient (Wildman–Crippen LogP) is -0.138. The summed E-state index contributed by atoms with van der Waals surface area (Å²) in [5.74, 6) is -0.533. The highest BCUT2D eigenvalue weighted by Gasteiger charge is 2.52. The van der Waals surface area contributed by atoms with Crippen molar-refractivity contribution in [3.8, 4) is 5.75 Å². The van der Waals surface area contributed by atoms with Gasteiger partial charge in [-0.1, -0.05) is 0 Å². The monoisotopic (exact) mass is 366 g/mol. The minimum Gasteiger partial charge on any atom is -0.479 e. The summed E-state index contributed by atoms with van der Waals surface area (Å²) in [6.07, 6.45) is 3.45. The first-order valence-corrected chi connectivity index (χ1v) is 8.89. The molecule has 26 heavy (non-hydrogen) atoms. The first-order valence-electron chi connectivity index (χ1n) is 8.89. The molecule has 0 bridgehead atoms. The number of rotatable bonds is 6. The van der Waals surface area contributed by atoms with Crippen LogP contribution in [0.25, 0.3) is 0 Å². The Hall–Kier alpha value is -1.81.